The maximum Gasteiger partial charge on any atom is 0.225 e. The van der Waals surface area contributed by atoms with Crippen LogP contribution < -0.4 is 0 Å². The Bertz CT molecular complexity index is 549. The maximum absolute atomic E-state index is 12.7. The highest BCUT2D eigenvalue weighted by Crippen LogP contribution is 2.25. The Morgan fingerprint density at radius 3 is 2.87 bits per heavy atom. The van der Waals surface area contributed by atoms with E-state index in [1.807, 2.05) is 0 Å². The first-order valence-corrected chi connectivity index (χ1v) is 9.10. The Labute approximate surface area is 140 Å². The van der Waals surface area contributed by atoms with Crippen molar-refractivity contribution in [3.63, 3.8) is 0 Å². The van der Waals surface area contributed by atoms with Crippen molar-refractivity contribution >= 4 is 5.91 Å². The van der Waals surface area contributed by atoms with Gasteiger partial charge in [0.25, 0.3) is 0 Å². The van der Waals surface area contributed by atoms with E-state index in [2.05, 4.69) is 36.9 Å². The van der Waals surface area contributed by atoms with Crippen LogP contribution in [0, 0.1) is 13.8 Å². The second kappa shape index (κ2) is 7.48. The molecule has 2 saturated heterocycles. The summed E-state index contributed by atoms with van der Waals surface area (Å²) in [6, 6.07) is 7.01. The topological polar surface area (TPSA) is 29.5 Å². The molecule has 1 aromatic rings. The molecule has 0 aromatic heterocycles. The van der Waals surface area contributed by atoms with Crippen LogP contribution >= 0.6 is 0 Å². The van der Waals surface area contributed by atoms with E-state index in [1.54, 1.807) is 0 Å². The van der Waals surface area contributed by atoms with Gasteiger partial charge in [-0.25, -0.2) is 0 Å². The summed E-state index contributed by atoms with van der Waals surface area (Å²) in [6.07, 6.45) is 7.36. The number of carbonyl (C=O) groups is 1. The number of rotatable bonds is 4. The molecule has 2 heterocycles. The van der Waals surface area contributed by atoms with Crippen LogP contribution in [0.15, 0.2) is 18.2 Å². The van der Waals surface area contributed by atoms with E-state index in [0.29, 0.717) is 18.4 Å². The number of carbonyl (C=O) groups excluding carboxylic acids is 1. The molecule has 0 bridgehead atoms. The molecule has 2 unspecified atom stereocenters. The number of likely N-dealkylation sites (tertiary alicyclic amines) is 1. The largest absolute Gasteiger partial charge is 0.378 e. The van der Waals surface area contributed by atoms with Crippen LogP contribution in [0.5, 0.6) is 0 Å². The van der Waals surface area contributed by atoms with Crippen molar-refractivity contribution in [3.05, 3.63) is 34.9 Å². The van der Waals surface area contributed by atoms with Crippen molar-refractivity contribution in [3.8, 4) is 0 Å². The molecule has 1 aromatic carbocycles. The average molecular weight is 315 g/mol. The van der Waals surface area contributed by atoms with Gasteiger partial charge in [0.05, 0.1) is 12.5 Å². The van der Waals surface area contributed by atoms with Gasteiger partial charge in [0, 0.05) is 19.2 Å². The first-order valence-electron chi connectivity index (χ1n) is 9.10. The summed E-state index contributed by atoms with van der Waals surface area (Å²) in [6.45, 7) is 6.05. The van der Waals surface area contributed by atoms with Gasteiger partial charge in [0.15, 0.2) is 0 Å². The summed E-state index contributed by atoms with van der Waals surface area (Å²) in [5.74, 6) is 0.296. The minimum atomic E-state index is 0.151. The van der Waals surface area contributed by atoms with E-state index in [-0.39, 0.29) is 6.10 Å². The highest BCUT2D eigenvalue weighted by atomic mass is 16.5. The van der Waals surface area contributed by atoms with Gasteiger partial charge >= 0.3 is 0 Å². The third-order valence-electron chi connectivity index (χ3n) is 5.33. The molecule has 2 fully saturated rings. The first-order chi connectivity index (χ1) is 11.1. The van der Waals surface area contributed by atoms with Crippen LogP contribution in [0.1, 0.15) is 55.2 Å². The molecule has 0 spiro atoms. The summed E-state index contributed by atoms with van der Waals surface area (Å²) >= 11 is 0. The molecule has 3 heteroatoms. The van der Waals surface area contributed by atoms with Crippen LogP contribution in [0.4, 0.5) is 0 Å². The molecular weight excluding hydrogens is 286 g/mol. The molecule has 126 valence electrons. The van der Waals surface area contributed by atoms with Crippen LogP contribution in [0.3, 0.4) is 0 Å². The number of amides is 1. The van der Waals surface area contributed by atoms with Gasteiger partial charge in [0.1, 0.15) is 0 Å². The van der Waals surface area contributed by atoms with Crippen LogP contribution in [-0.4, -0.2) is 36.1 Å². The van der Waals surface area contributed by atoms with Gasteiger partial charge in [-0.15, -0.1) is 0 Å². The molecule has 23 heavy (non-hydrogen) atoms. The van der Waals surface area contributed by atoms with Gasteiger partial charge in [-0.2, -0.15) is 0 Å². The monoisotopic (exact) mass is 315 g/mol. The smallest absolute Gasteiger partial charge is 0.225 e. The zero-order valence-electron chi connectivity index (χ0n) is 14.5. The van der Waals surface area contributed by atoms with Crippen LogP contribution in [-0.2, 0) is 16.0 Å². The average Bonchev–Trinajstić information content (AvgIpc) is 3.00. The molecule has 3 rings (SSSR count). The molecular formula is C20H29NO2. The van der Waals surface area contributed by atoms with Crippen molar-refractivity contribution < 1.29 is 9.53 Å². The maximum atomic E-state index is 12.7. The fourth-order valence-electron chi connectivity index (χ4n) is 3.93. The number of ether oxygens (including phenoxy) is 1. The molecule has 0 radical (unpaired) electrons. The molecule has 0 saturated carbocycles. The lowest BCUT2D eigenvalue weighted by Crippen LogP contribution is -2.39. The minimum Gasteiger partial charge on any atom is -0.378 e. The first kappa shape index (κ1) is 16.5. The lowest BCUT2D eigenvalue weighted by atomic mass is 9.97. The third kappa shape index (κ3) is 4.14. The number of hydrogen-bond acceptors (Lipinski definition) is 2. The Morgan fingerprint density at radius 1 is 1.22 bits per heavy atom. The van der Waals surface area contributed by atoms with Gasteiger partial charge in [0.2, 0.25) is 5.91 Å². The van der Waals surface area contributed by atoms with Crippen molar-refractivity contribution in [1.82, 2.24) is 4.90 Å². The highest BCUT2D eigenvalue weighted by Gasteiger charge is 2.30. The minimum absolute atomic E-state index is 0.151. The molecule has 2 aliphatic rings. The van der Waals surface area contributed by atoms with E-state index in [0.717, 1.165) is 45.3 Å². The normalized spacial score (nSPS) is 24.9. The Hall–Kier alpha value is -1.35. The number of benzene rings is 1. The van der Waals surface area contributed by atoms with Gasteiger partial charge < -0.3 is 9.64 Å². The summed E-state index contributed by atoms with van der Waals surface area (Å²) in [7, 11) is 0. The zero-order valence-corrected chi connectivity index (χ0v) is 14.5. The van der Waals surface area contributed by atoms with Gasteiger partial charge in [-0.05, 0) is 63.5 Å². The molecule has 0 aliphatic carbocycles. The van der Waals surface area contributed by atoms with Crippen molar-refractivity contribution in [2.45, 2.75) is 70.9 Å². The van der Waals surface area contributed by atoms with Crippen LogP contribution in [0.2, 0.25) is 0 Å². The summed E-state index contributed by atoms with van der Waals surface area (Å²) in [5.41, 5.74) is 4.03. The summed E-state index contributed by atoms with van der Waals surface area (Å²) in [5, 5.41) is 0. The Balaban J connectivity index is 1.62. The molecule has 2 aliphatic heterocycles. The molecule has 2 atom stereocenters. The highest BCUT2D eigenvalue weighted by molar-refractivity contribution is 5.77. The predicted octanol–water partition coefficient (Wildman–Crippen LogP) is 3.80. The van der Waals surface area contributed by atoms with Crippen molar-refractivity contribution in [2.75, 3.05) is 13.2 Å². The van der Waals surface area contributed by atoms with E-state index in [9.17, 15) is 4.79 Å². The molecule has 3 nitrogen and oxygen atoms in total. The summed E-state index contributed by atoms with van der Waals surface area (Å²) < 4.78 is 5.75. The number of aryl methyl sites for hydroxylation is 2. The fraction of sp³-hybridized carbons (Fsp3) is 0.650. The number of nitrogens with zero attached hydrogens (tertiary/aromatic N) is 1. The van der Waals surface area contributed by atoms with E-state index in [4.69, 9.17) is 4.74 Å². The quantitative estimate of drug-likeness (QED) is 0.846. The van der Waals surface area contributed by atoms with Gasteiger partial charge in [-0.1, -0.05) is 23.8 Å². The zero-order chi connectivity index (χ0) is 16.2. The van der Waals surface area contributed by atoms with E-state index in [1.165, 1.54) is 23.1 Å². The summed E-state index contributed by atoms with van der Waals surface area (Å²) in [4.78, 5) is 14.8. The van der Waals surface area contributed by atoms with E-state index >= 15 is 0 Å². The lowest BCUT2D eigenvalue weighted by molar-refractivity contribution is -0.135. The second-order valence-corrected chi connectivity index (χ2v) is 7.21. The lowest BCUT2D eigenvalue weighted by Gasteiger charge is -2.29. The fourth-order valence-corrected chi connectivity index (χ4v) is 3.93. The standard InChI is InChI=1S/C20H29NO2/c1-15-8-9-16(2)17(12-15)13-18-6-5-10-21(18)20(22)14-19-7-3-4-11-23-19/h8-9,12,18-19H,3-7,10-11,13-14H2,1-2H3. The molecule has 0 N–H and O–H groups in total. The third-order valence-corrected chi connectivity index (χ3v) is 5.33. The van der Waals surface area contributed by atoms with Crippen LogP contribution in [0.25, 0.3) is 0 Å². The number of hydrogen-bond donors (Lipinski definition) is 0. The Morgan fingerprint density at radius 2 is 2.09 bits per heavy atom. The Kier molecular flexibility index (Phi) is 5.37. The van der Waals surface area contributed by atoms with E-state index < -0.39 is 0 Å². The predicted molar refractivity (Wildman–Crippen MR) is 92.6 cm³/mol. The van der Waals surface area contributed by atoms with Gasteiger partial charge in [-0.3, -0.25) is 4.79 Å². The molecule has 1 amide bonds. The SMILES string of the molecule is Cc1ccc(C)c(CC2CCCN2C(=O)CC2CCCCO2)c1. The second-order valence-electron chi connectivity index (χ2n) is 7.21. The van der Waals surface area contributed by atoms with Crippen molar-refractivity contribution in [1.29, 1.82) is 0 Å². The van der Waals surface area contributed by atoms with Crippen molar-refractivity contribution in [2.24, 2.45) is 0 Å².